The number of methoxy groups -OCH3 is 1. The molecule has 1 unspecified atom stereocenters. The van der Waals surface area contributed by atoms with Crippen LogP contribution in [0.25, 0.3) is 0 Å². The van der Waals surface area contributed by atoms with Gasteiger partial charge in [0.15, 0.2) is 0 Å². The predicted octanol–water partition coefficient (Wildman–Crippen LogP) is 0.459. The lowest BCUT2D eigenvalue weighted by atomic mass is 10.2. The fourth-order valence-electron chi connectivity index (χ4n) is 1.71. The highest BCUT2D eigenvalue weighted by atomic mass is 16.5. The van der Waals surface area contributed by atoms with Crippen molar-refractivity contribution in [1.82, 2.24) is 15.1 Å². The first-order valence-electron chi connectivity index (χ1n) is 6.84. The first-order chi connectivity index (χ1) is 9.42. The summed E-state index contributed by atoms with van der Waals surface area (Å²) >= 11 is 0. The van der Waals surface area contributed by atoms with Crippen LogP contribution in [-0.2, 0) is 9.53 Å². The molecule has 2 amide bonds. The Morgan fingerprint density at radius 1 is 1.30 bits per heavy atom. The van der Waals surface area contributed by atoms with Crippen LogP contribution in [0.3, 0.4) is 0 Å². The van der Waals surface area contributed by atoms with E-state index in [2.05, 4.69) is 5.32 Å². The van der Waals surface area contributed by atoms with Gasteiger partial charge < -0.3 is 25.0 Å². The third-order valence-corrected chi connectivity index (χ3v) is 2.91. The minimum Gasteiger partial charge on any atom is -0.480 e. The lowest BCUT2D eigenvalue weighted by Crippen LogP contribution is -2.48. The monoisotopic (exact) mass is 289 g/mol. The van der Waals surface area contributed by atoms with Crippen molar-refractivity contribution in [3.8, 4) is 0 Å². The normalized spacial score (nSPS) is 12.2. The zero-order valence-electron chi connectivity index (χ0n) is 12.9. The van der Waals surface area contributed by atoms with E-state index in [1.807, 2.05) is 25.9 Å². The Balaban J connectivity index is 4.31. The average Bonchev–Trinajstić information content (AvgIpc) is 2.38. The van der Waals surface area contributed by atoms with E-state index in [1.165, 1.54) is 7.11 Å². The molecule has 0 bridgehead atoms. The third-order valence-electron chi connectivity index (χ3n) is 2.91. The average molecular weight is 289 g/mol. The van der Waals surface area contributed by atoms with Crippen molar-refractivity contribution in [2.45, 2.75) is 25.8 Å². The molecular formula is C13H27N3O4. The van der Waals surface area contributed by atoms with E-state index in [9.17, 15) is 9.59 Å². The molecule has 0 saturated heterocycles. The van der Waals surface area contributed by atoms with Gasteiger partial charge in [0.05, 0.1) is 0 Å². The maximum atomic E-state index is 12.0. The van der Waals surface area contributed by atoms with Gasteiger partial charge in [0.1, 0.15) is 6.04 Å². The summed E-state index contributed by atoms with van der Waals surface area (Å²) in [6, 6.07) is -1.25. The van der Waals surface area contributed by atoms with E-state index < -0.39 is 12.0 Å². The number of aliphatic carboxylic acids is 1. The Morgan fingerprint density at radius 3 is 2.40 bits per heavy atom. The van der Waals surface area contributed by atoms with Crippen molar-refractivity contribution in [3.05, 3.63) is 0 Å². The van der Waals surface area contributed by atoms with Gasteiger partial charge in [-0.3, -0.25) is 0 Å². The number of ether oxygens (including phenoxy) is 1. The summed E-state index contributed by atoms with van der Waals surface area (Å²) in [6.45, 7) is 4.22. The van der Waals surface area contributed by atoms with Crippen LogP contribution >= 0.6 is 0 Å². The molecule has 0 aliphatic rings. The maximum absolute atomic E-state index is 12.0. The number of carboxylic acids is 1. The van der Waals surface area contributed by atoms with Crippen LogP contribution in [0.2, 0.25) is 0 Å². The first kappa shape index (κ1) is 18.7. The second-order valence-electron chi connectivity index (χ2n) is 4.86. The number of urea groups is 1. The quantitative estimate of drug-likeness (QED) is 0.610. The van der Waals surface area contributed by atoms with Gasteiger partial charge in [-0.25, -0.2) is 9.59 Å². The van der Waals surface area contributed by atoms with Crippen molar-refractivity contribution < 1.29 is 19.4 Å². The van der Waals surface area contributed by atoms with Crippen molar-refractivity contribution in [1.29, 1.82) is 0 Å². The molecule has 0 aromatic rings. The van der Waals surface area contributed by atoms with Gasteiger partial charge in [-0.15, -0.1) is 0 Å². The summed E-state index contributed by atoms with van der Waals surface area (Å²) in [7, 11) is 5.45. The summed E-state index contributed by atoms with van der Waals surface area (Å²) < 4.78 is 4.85. The number of carbonyl (C=O) groups is 2. The lowest BCUT2D eigenvalue weighted by molar-refractivity contribution is -0.139. The number of nitrogens with zero attached hydrogens (tertiary/aromatic N) is 2. The van der Waals surface area contributed by atoms with Crippen LogP contribution < -0.4 is 5.32 Å². The van der Waals surface area contributed by atoms with Crippen molar-refractivity contribution in [3.63, 3.8) is 0 Å². The highest BCUT2D eigenvalue weighted by molar-refractivity contribution is 5.82. The molecule has 7 heteroatoms. The van der Waals surface area contributed by atoms with E-state index >= 15 is 0 Å². The number of hydrogen-bond acceptors (Lipinski definition) is 4. The Hall–Kier alpha value is -1.34. The molecule has 1 atom stereocenters. The summed E-state index contributed by atoms with van der Waals surface area (Å²) in [5.41, 5.74) is 0. The highest BCUT2D eigenvalue weighted by Gasteiger charge is 2.22. The Labute approximate surface area is 120 Å². The largest absolute Gasteiger partial charge is 0.480 e. The molecule has 0 saturated carbocycles. The first-order valence-corrected chi connectivity index (χ1v) is 6.84. The SMILES string of the molecule is CCN(CCCN(C)C)C(=O)NC(CCOC)C(=O)O. The second-order valence-corrected chi connectivity index (χ2v) is 4.86. The molecule has 0 aliphatic carbocycles. The molecule has 0 fully saturated rings. The molecule has 0 radical (unpaired) electrons. The second kappa shape index (κ2) is 10.4. The zero-order chi connectivity index (χ0) is 15.5. The van der Waals surface area contributed by atoms with E-state index in [4.69, 9.17) is 9.84 Å². The van der Waals surface area contributed by atoms with Gasteiger partial charge in [0.2, 0.25) is 0 Å². The molecule has 20 heavy (non-hydrogen) atoms. The predicted molar refractivity (Wildman–Crippen MR) is 76.9 cm³/mol. The van der Waals surface area contributed by atoms with Gasteiger partial charge in [0.25, 0.3) is 0 Å². The molecule has 0 heterocycles. The van der Waals surface area contributed by atoms with Gasteiger partial charge in [-0.1, -0.05) is 0 Å². The molecule has 0 spiro atoms. The van der Waals surface area contributed by atoms with Crippen LogP contribution in [0.4, 0.5) is 4.79 Å². The van der Waals surface area contributed by atoms with E-state index in [0.717, 1.165) is 13.0 Å². The number of rotatable bonds is 10. The fourth-order valence-corrected chi connectivity index (χ4v) is 1.71. The van der Waals surface area contributed by atoms with Crippen LogP contribution in [0.1, 0.15) is 19.8 Å². The Morgan fingerprint density at radius 2 is 1.95 bits per heavy atom. The fraction of sp³-hybridized carbons (Fsp3) is 0.846. The number of amides is 2. The minimum atomic E-state index is -1.04. The molecule has 7 nitrogen and oxygen atoms in total. The van der Waals surface area contributed by atoms with Crippen molar-refractivity contribution in [2.75, 3.05) is 47.4 Å². The summed E-state index contributed by atoms with van der Waals surface area (Å²) in [6.07, 6.45) is 1.11. The number of nitrogens with one attached hydrogen (secondary N) is 1. The van der Waals surface area contributed by atoms with Gasteiger partial charge in [-0.05, 0) is 34.0 Å². The summed E-state index contributed by atoms with van der Waals surface area (Å²) in [4.78, 5) is 26.7. The number of carbonyl (C=O) groups excluding carboxylic acids is 1. The van der Waals surface area contributed by atoms with Crippen LogP contribution in [0, 0.1) is 0 Å². The lowest BCUT2D eigenvalue weighted by Gasteiger charge is -2.24. The highest BCUT2D eigenvalue weighted by Crippen LogP contribution is 1.98. The van der Waals surface area contributed by atoms with Crippen LogP contribution in [0.15, 0.2) is 0 Å². The number of hydrogen-bond donors (Lipinski definition) is 2. The van der Waals surface area contributed by atoms with Gasteiger partial charge >= 0.3 is 12.0 Å². The molecular weight excluding hydrogens is 262 g/mol. The van der Waals surface area contributed by atoms with Crippen molar-refractivity contribution >= 4 is 12.0 Å². The van der Waals surface area contributed by atoms with E-state index in [0.29, 0.717) is 19.7 Å². The Kier molecular flexibility index (Phi) is 9.75. The molecule has 2 N–H and O–H groups in total. The van der Waals surface area contributed by atoms with Gasteiger partial charge in [0, 0.05) is 33.2 Å². The molecule has 118 valence electrons. The standard InChI is InChI=1S/C13H27N3O4/c1-5-16(9-6-8-15(2)3)13(19)14-11(12(17)18)7-10-20-4/h11H,5-10H2,1-4H3,(H,14,19)(H,17,18). The molecule has 0 rings (SSSR count). The van der Waals surface area contributed by atoms with Crippen LogP contribution in [0.5, 0.6) is 0 Å². The van der Waals surface area contributed by atoms with E-state index in [-0.39, 0.29) is 12.5 Å². The summed E-state index contributed by atoms with van der Waals surface area (Å²) in [5.74, 6) is -1.04. The van der Waals surface area contributed by atoms with Gasteiger partial charge in [-0.2, -0.15) is 0 Å². The topological polar surface area (TPSA) is 82.1 Å². The molecule has 0 aromatic heterocycles. The van der Waals surface area contributed by atoms with Crippen molar-refractivity contribution in [2.24, 2.45) is 0 Å². The maximum Gasteiger partial charge on any atom is 0.326 e. The van der Waals surface area contributed by atoms with Crippen LogP contribution in [-0.4, -0.2) is 80.4 Å². The van der Waals surface area contributed by atoms with E-state index in [1.54, 1.807) is 4.90 Å². The minimum absolute atomic E-state index is 0.257. The third kappa shape index (κ3) is 7.96. The molecule has 0 aromatic carbocycles. The number of carboxylic acid groups (broad SMARTS) is 1. The smallest absolute Gasteiger partial charge is 0.326 e. The summed E-state index contributed by atoms with van der Waals surface area (Å²) in [5, 5.41) is 11.6. The Bertz CT molecular complexity index is 297. The molecule has 0 aliphatic heterocycles. The zero-order valence-corrected chi connectivity index (χ0v) is 12.9.